The zero-order valence-electron chi connectivity index (χ0n) is 20.1. The van der Waals surface area contributed by atoms with Crippen LogP contribution in [-0.4, -0.2) is 23.3 Å². The van der Waals surface area contributed by atoms with E-state index in [4.69, 9.17) is 9.47 Å². The molecule has 0 unspecified atom stereocenters. The first-order valence-corrected chi connectivity index (χ1v) is 12.3. The number of hydrogen-bond donors (Lipinski definition) is 0. The van der Waals surface area contributed by atoms with Crippen molar-refractivity contribution in [1.82, 2.24) is 0 Å². The van der Waals surface area contributed by atoms with E-state index in [1.807, 2.05) is 6.92 Å². The molecule has 3 nitrogen and oxygen atoms in total. The summed E-state index contributed by atoms with van der Waals surface area (Å²) in [4.78, 5) is 11.5. The Labute approximate surface area is 181 Å². The maximum Gasteiger partial charge on any atom is 0.303 e. The number of hydrogen-bond acceptors (Lipinski definition) is 3. The molecule has 1 saturated heterocycles. The predicted octanol–water partition coefficient (Wildman–Crippen LogP) is 7.91. The number of epoxide rings is 1. The normalized spacial score (nSPS) is 20.0. The van der Waals surface area contributed by atoms with Crippen molar-refractivity contribution in [3.8, 4) is 0 Å². The summed E-state index contributed by atoms with van der Waals surface area (Å²) in [5.41, 5.74) is -0.513. The summed E-state index contributed by atoms with van der Waals surface area (Å²) in [6.07, 6.45) is 23.9. The molecule has 0 aliphatic carbocycles. The third-order valence-electron chi connectivity index (χ3n) is 6.14. The van der Waals surface area contributed by atoms with Gasteiger partial charge in [-0.3, -0.25) is 4.79 Å². The van der Waals surface area contributed by atoms with Crippen molar-refractivity contribution in [2.45, 2.75) is 148 Å². The minimum Gasteiger partial charge on any atom is -0.455 e. The zero-order chi connectivity index (χ0) is 21.6. The second kappa shape index (κ2) is 14.2. The van der Waals surface area contributed by atoms with Gasteiger partial charge in [0.2, 0.25) is 0 Å². The number of unbranched alkanes of at least 4 members (excludes halogenated alkanes) is 12. The van der Waals surface area contributed by atoms with Crippen LogP contribution in [0.4, 0.5) is 0 Å². The van der Waals surface area contributed by atoms with E-state index in [1.54, 1.807) is 0 Å². The monoisotopic (exact) mass is 408 g/mol. The van der Waals surface area contributed by atoms with E-state index in [9.17, 15) is 4.79 Å². The summed E-state index contributed by atoms with van der Waals surface area (Å²) in [6, 6.07) is 0. The van der Waals surface area contributed by atoms with Gasteiger partial charge in [-0.05, 0) is 52.5 Å². The lowest BCUT2D eigenvalue weighted by Gasteiger charge is -2.25. The van der Waals surface area contributed by atoms with Crippen LogP contribution in [0.3, 0.4) is 0 Å². The minimum atomic E-state index is -0.509. The molecule has 0 aromatic carbocycles. The van der Waals surface area contributed by atoms with Gasteiger partial charge in [-0.25, -0.2) is 0 Å². The van der Waals surface area contributed by atoms with Crippen LogP contribution < -0.4 is 0 Å². The average Bonchev–Trinajstić information content (AvgIpc) is 3.26. The smallest absolute Gasteiger partial charge is 0.303 e. The van der Waals surface area contributed by atoms with Crippen molar-refractivity contribution in [1.29, 1.82) is 0 Å². The molecule has 0 aromatic rings. The number of esters is 1. The van der Waals surface area contributed by atoms with Crippen molar-refractivity contribution < 1.29 is 14.3 Å². The highest BCUT2D eigenvalue weighted by Gasteiger charge is 2.48. The zero-order valence-corrected chi connectivity index (χ0v) is 20.1. The summed E-state index contributed by atoms with van der Waals surface area (Å²) in [6.45, 7) is 10.0. The Balaban J connectivity index is 2.07. The van der Waals surface area contributed by atoms with Crippen LogP contribution in [0.1, 0.15) is 131 Å². The molecule has 0 saturated carbocycles. The first-order chi connectivity index (χ1) is 13.8. The lowest BCUT2D eigenvalue weighted by Crippen LogP contribution is -2.29. The Bertz CT molecular complexity index is 469. The first kappa shape index (κ1) is 26.2. The Hall–Kier alpha value is -0.830. The first-order valence-electron chi connectivity index (χ1n) is 12.3. The van der Waals surface area contributed by atoms with Crippen molar-refractivity contribution in [3.63, 3.8) is 0 Å². The second-order valence-electron chi connectivity index (χ2n) is 9.74. The van der Waals surface area contributed by atoms with Crippen LogP contribution in [0.2, 0.25) is 0 Å². The molecule has 29 heavy (non-hydrogen) atoms. The number of ether oxygens (including phenoxy) is 2. The lowest BCUT2D eigenvalue weighted by molar-refractivity contribution is -0.151. The average molecular weight is 409 g/mol. The Kier molecular flexibility index (Phi) is 12.9. The van der Waals surface area contributed by atoms with E-state index in [-0.39, 0.29) is 11.6 Å². The molecule has 1 aliphatic heterocycles. The molecule has 0 N–H and O–H groups in total. The molecule has 0 bridgehead atoms. The van der Waals surface area contributed by atoms with Gasteiger partial charge in [-0.2, -0.15) is 0 Å². The topological polar surface area (TPSA) is 38.8 Å². The van der Waals surface area contributed by atoms with Gasteiger partial charge in [-0.1, -0.05) is 83.6 Å². The van der Waals surface area contributed by atoms with Gasteiger partial charge in [0, 0.05) is 6.92 Å². The molecular formula is C26H48O3. The molecule has 1 rings (SSSR count). The fourth-order valence-corrected chi connectivity index (χ4v) is 4.09. The third-order valence-corrected chi connectivity index (χ3v) is 6.14. The van der Waals surface area contributed by atoms with Crippen LogP contribution >= 0.6 is 0 Å². The fraction of sp³-hybridized carbons (Fsp3) is 0.885. The number of allylic oxidation sites excluding steroid dienone is 1. The fourth-order valence-electron chi connectivity index (χ4n) is 4.09. The van der Waals surface area contributed by atoms with Crippen LogP contribution in [0.5, 0.6) is 0 Å². The number of rotatable bonds is 18. The molecule has 1 fully saturated rings. The van der Waals surface area contributed by atoms with Gasteiger partial charge in [0.1, 0.15) is 5.60 Å². The highest BCUT2D eigenvalue weighted by molar-refractivity contribution is 5.66. The second-order valence-corrected chi connectivity index (χ2v) is 9.74. The maximum absolute atomic E-state index is 11.5. The predicted molar refractivity (Wildman–Crippen MR) is 123 cm³/mol. The van der Waals surface area contributed by atoms with E-state index in [0.717, 1.165) is 19.3 Å². The summed E-state index contributed by atoms with van der Waals surface area (Å²) in [5, 5.41) is 0. The quantitative estimate of drug-likeness (QED) is 0.100. The van der Waals surface area contributed by atoms with E-state index < -0.39 is 5.60 Å². The lowest BCUT2D eigenvalue weighted by atomic mass is 9.94. The van der Waals surface area contributed by atoms with E-state index >= 15 is 0 Å². The summed E-state index contributed by atoms with van der Waals surface area (Å²) >= 11 is 0. The van der Waals surface area contributed by atoms with Gasteiger partial charge in [0.15, 0.2) is 0 Å². The van der Waals surface area contributed by atoms with Gasteiger partial charge in [0.25, 0.3) is 0 Å². The van der Waals surface area contributed by atoms with Gasteiger partial charge in [-0.15, -0.1) is 0 Å². The van der Waals surface area contributed by atoms with Gasteiger partial charge < -0.3 is 9.47 Å². The number of carbonyl (C=O) groups excluding carboxylic acids is 1. The van der Waals surface area contributed by atoms with Crippen molar-refractivity contribution in [2.24, 2.45) is 0 Å². The molecule has 3 heteroatoms. The molecule has 0 radical (unpaired) electrons. The molecule has 0 spiro atoms. The number of carbonyl (C=O) groups is 1. The molecule has 0 aromatic heterocycles. The summed E-state index contributed by atoms with van der Waals surface area (Å²) in [5.74, 6) is -0.210. The van der Waals surface area contributed by atoms with Crippen LogP contribution in [0.15, 0.2) is 12.2 Å². The molecule has 2 atom stereocenters. The van der Waals surface area contributed by atoms with E-state index in [1.165, 1.54) is 84.0 Å². The van der Waals surface area contributed by atoms with E-state index in [0.29, 0.717) is 6.10 Å². The highest BCUT2D eigenvalue weighted by atomic mass is 16.6. The van der Waals surface area contributed by atoms with Gasteiger partial charge in [0.05, 0.1) is 11.7 Å². The van der Waals surface area contributed by atoms with Crippen molar-refractivity contribution >= 4 is 5.97 Å². The third kappa shape index (κ3) is 13.2. The van der Waals surface area contributed by atoms with Crippen LogP contribution in [-0.2, 0) is 14.3 Å². The highest BCUT2D eigenvalue weighted by Crippen LogP contribution is 2.40. The van der Waals surface area contributed by atoms with E-state index in [2.05, 4.69) is 32.9 Å². The van der Waals surface area contributed by atoms with Crippen LogP contribution in [0, 0.1) is 0 Å². The Morgan fingerprint density at radius 3 is 1.90 bits per heavy atom. The summed E-state index contributed by atoms with van der Waals surface area (Å²) < 4.78 is 11.3. The SMILES string of the molecule is CCCCCCCCCCCCCC/C=C\[C@](C)(CC[C@@H]1OC1(C)C)OC(C)=O. The molecular weight excluding hydrogens is 360 g/mol. The van der Waals surface area contributed by atoms with Crippen molar-refractivity contribution in [2.75, 3.05) is 0 Å². The Morgan fingerprint density at radius 2 is 1.45 bits per heavy atom. The van der Waals surface area contributed by atoms with Gasteiger partial charge >= 0.3 is 5.97 Å². The van der Waals surface area contributed by atoms with Crippen LogP contribution in [0.25, 0.3) is 0 Å². The molecule has 1 aliphatic rings. The standard InChI is InChI=1S/C26H48O3/c1-6-7-8-9-10-11-12-13-14-15-16-17-18-19-21-26(5,28-23(2)27)22-20-24-25(3,4)29-24/h19,21,24H,6-18,20,22H2,1-5H3/b21-19-/t24-,26+/m0/s1. The van der Waals surface area contributed by atoms with Crippen molar-refractivity contribution in [3.05, 3.63) is 12.2 Å². The summed E-state index contributed by atoms with van der Waals surface area (Å²) in [7, 11) is 0. The maximum atomic E-state index is 11.5. The molecule has 1 heterocycles. The molecule has 0 amide bonds. The largest absolute Gasteiger partial charge is 0.455 e. The minimum absolute atomic E-state index is 0.00407. The Morgan fingerprint density at radius 1 is 0.966 bits per heavy atom. The molecule has 170 valence electrons.